The van der Waals surface area contributed by atoms with Gasteiger partial charge in [0.2, 0.25) is 5.95 Å². The largest absolute Gasteiger partial charge is 0.495 e. The fraction of sp³-hybridized carbons (Fsp3) is 0.136. The lowest BCUT2D eigenvalue weighted by Crippen LogP contribution is -2.30. The summed E-state index contributed by atoms with van der Waals surface area (Å²) in [4.78, 5) is 17.5. The second-order valence-corrected chi connectivity index (χ2v) is 6.56. The molecule has 1 amide bonds. The number of fused-ring (bicyclic) bond motifs is 1. The lowest BCUT2D eigenvalue weighted by molar-refractivity contribution is -0.113. The lowest BCUT2D eigenvalue weighted by Gasteiger charge is -2.26. The first-order valence-electron chi connectivity index (χ1n) is 9.22. The van der Waals surface area contributed by atoms with E-state index in [1.807, 2.05) is 61.5 Å². The molecule has 0 saturated carbocycles. The van der Waals surface area contributed by atoms with Crippen molar-refractivity contribution in [1.82, 2.24) is 14.8 Å². The molecular weight excluding hydrogens is 366 g/mol. The molecule has 0 spiro atoms. The molecule has 0 saturated heterocycles. The topological polar surface area (TPSA) is 81.1 Å². The van der Waals surface area contributed by atoms with E-state index in [-0.39, 0.29) is 5.91 Å². The summed E-state index contributed by atoms with van der Waals surface area (Å²) in [6.07, 6.45) is 5.40. The number of rotatable bonds is 5. The van der Waals surface area contributed by atoms with E-state index in [2.05, 4.69) is 20.7 Å². The average molecular weight is 387 g/mol. The SMILES string of the molecule is COc1ccccc1NC(=O)C1=C(C)Nc2ncnn2[C@@H]1/C=C/c1ccccc1. The van der Waals surface area contributed by atoms with Crippen LogP contribution >= 0.6 is 0 Å². The number of hydrogen-bond acceptors (Lipinski definition) is 5. The molecule has 2 aromatic carbocycles. The van der Waals surface area contributed by atoms with Gasteiger partial charge < -0.3 is 15.4 Å². The Hall–Kier alpha value is -3.87. The summed E-state index contributed by atoms with van der Waals surface area (Å²) >= 11 is 0. The van der Waals surface area contributed by atoms with Crippen molar-refractivity contribution in [1.29, 1.82) is 0 Å². The van der Waals surface area contributed by atoms with E-state index >= 15 is 0 Å². The van der Waals surface area contributed by atoms with Gasteiger partial charge in [0.05, 0.1) is 18.4 Å². The summed E-state index contributed by atoms with van der Waals surface area (Å²) in [6, 6.07) is 16.8. The molecule has 4 rings (SSSR count). The van der Waals surface area contributed by atoms with E-state index in [0.29, 0.717) is 23.0 Å². The number of ether oxygens (including phenoxy) is 1. The highest BCUT2D eigenvalue weighted by Crippen LogP contribution is 2.32. The maximum absolute atomic E-state index is 13.2. The number of carbonyl (C=O) groups is 1. The third-order valence-corrected chi connectivity index (χ3v) is 4.71. The van der Waals surface area contributed by atoms with Gasteiger partial charge in [-0.3, -0.25) is 4.79 Å². The highest BCUT2D eigenvalue weighted by Gasteiger charge is 2.30. The highest BCUT2D eigenvalue weighted by molar-refractivity contribution is 6.06. The Morgan fingerprint density at radius 2 is 1.93 bits per heavy atom. The highest BCUT2D eigenvalue weighted by atomic mass is 16.5. The monoisotopic (exact) mass is 387 g/mol. The second kappa shape index (κ2) is 8.02. The van der Waals surface area contributed by atoms with Gasteiger partial charge in [-0.25, -0.2) is 4.68 Å². The Balaban J connectivity index is 1.69. The van der Waals surface area contributed by atoms with Crippen LogP contribution in [0.5, 0.6) is 5.75 Å². The standard InChI is InChI=1S/C22H21N5O2/c1-15-20(21(28)26-17-10-6-7-11-19(17)29-2)18(27-22(25-15)23-14-24-27)13-12-16-8-4-3-5-9-16/h3-14,18H,1-2H3,(H,26,28)(H,23,24,25)/b13-12+/t18-/m1/s1. The first-order chi connectivity index (χ1) is 14.2. The van der Waals surface area contributed by atoms with E-state index < -0.39 is 6.04 Å². The lowest BCUT2D eigenvalue weighted by atomic mass is 10.0. The van der Waals surface area contributed by atoms with Gasteiger partial charge in [-0.15, -0.1) is 0 Å². The number of amides is 1. The first-order valence-corrected chi connectivity index (χ1v) is 9.22. The van der Waals surface area contributed by atoms with E-state index in [1.54, 1.807) is 23.9 Å². The number of nitrogens with one attached hydrogen (secondary N) is 2. The molecule has 2 N–H and O–H groups in total. The van der Waals surface area contributed by atoms with Crippen molar-refractivity contribution in [2.24, 2.45) is 0 Å². The van der Waals surface area contributed by atoms with Gasteiger partial charge in [0.1, 0.15) is 18.1 Å². The summed E-state index contributed by atoms with van der Waals surface area (Å²) in [5.41, 5.74) is 2.92. The zero-order valence-electron chi connectivity index (χ0n) is 16.2. The predicted molar refractivity (Wildman–Crippen MR) is 112 cm³/mol. The van der Waals surface area contributed by atoms with Crippen molar-refractivity contribution in [3.63, 3.8) is 0 Å². The zero-order chi connectivity index (χ0) is 20.2. The van der Waals surface area contributed by atoms with Crippen molar-refractivity contribution in [2.45, 2.75) is 13.0 Å². The summed E-state index contributed by atoms with van der Waals surface area (Å²) in [6.45, 7) is 1.86. The number of allylic oxidation sites excluding steroid dienone is 2. The molecule has 3 aromatic rings. The third-order valence-electron chi connectivity index (χ3n) is 4.71. The molecule has 29 heavy (non-hydrogen) atoms. The Bertz CT molecular complexity index is 1090. The molecule has 1 atom stereocenters. The normalized spacial score (nSPS) is 15.7. The van der Waals surface area contributed by atoms with E-state index in [0.717, 1.165) is 11.3 Å². The molecule has 0 radical (unpaired) electrons. The second-order valence-electron chi connectivity index (χ2n) is 6.56. The average Bonchev–Trinajstić information content (AvgIpc) is 3.21. The fourth-order valence-electron chi connectivity index (χ4n) is 3.31. The van der Waals surface area contributed by atoms with Crippen LogP contribution in [0.4, 0.5) is 11.6 Å². The van der Waals surface area contributed by atoms with Crippen LogP contribution in [0.3, 0.4) is 0 Å². The van der Waals surface area contributed by atoms with Gasteiger partial charge in [-0.2, -0.15) is 10.1 Å². The minimum atomic E-state index is -0.399. The quantitative estimate of drug-likeness (QED) is 0.694. The predicted octanol–water partition coefficient (Wildman–Crippen LogP) is 3.88. The number of anilines is 2. The maximum Gasteiger partial charge on any atom is 0.255 e. The van der Waals surface area contributed by atoms with Crippen LogP contribution < -0.4 is 15.4 Å². The third kappa shape index (κ3) is 3.75. The van der Waals surface area contributed by atoms with Gasteiger partial charge in [0.25, 0.3) is 5.91 Å². The van der Waals surface area contributed by atoms with Gasteiger partial charge in [-0.1, -0.05) is 54.6 Å². The minimum absolute atomic E-state index is 0.233. The van der Waals surface area contributed by atoms with Crippen molar-refractivity contribution in [3.8, 4) is 5.75 Å². The van der Waals surface area contributed by atoms with Crippen LogP contribution in [0.25, 0.3) is 6.08 Å². The van der Waals surface area contributed by atoms with Gasteiger partial charge in [0, 0.05) is 5.70 Å². The molecule has 0 bridgehead atoms. The maximum atomic E-state index is 13.2. The van der Waals surface area contributed by atoms with Crippen LogP contribution in [0.1, 0.15) is 18.5 Å². The molecule has 0 fully saturated rings. The number of nitrogens with zero attached hydrogens (tertiary/aromatic N) is 3. The number of methoxy groups -OCH3 is 1. The van der Waals surface area contributed by atoms with Crippen LogP contribution in [-0.4, -0.2) is 27.8 Å². The Morgan fingerprint density at radius 3 is 2.72 bits per heavy atom. The summed E-state index contributed by atoms with van der Waals surface area (Å²) in [7, 11) is 1.57. The Labute approximate surface area is 168 Å². The van der Waals surface area contributed by atoms with Crippen molar-refractivity contribution in [2.75, 3.05) is 17.7 Å². The number of hydrogen-bond donors (Lipinski definition) is 2. The summed E-state index contributed by atoms with van der Waals surface area (Å²) in [5.74, 6) is 0.961. The number of para-hydroxylation sites is 2. The van der Waals surface area contributed by atoms with Crippen molar-refractivity contribution < 1.29 is 9.53 Å². The van der Waals surface area contributed by atoms with Gasteiger partial charge in [0.15, 0.2) is 0 Å². The van der Waals surface area contributed by atoms with Crippen LogP contribution in [0.15, 0.2) is 78.3 Å². The fourth-order valence-corrected chi connectivity index (χ4v) is 3.31. The van der Waals surface area contributed by atoms with Crippen molar-refractivity contribution >= 4 is 23.6 Å². The Morgan fingerprint density at radius 1 is 1.17 bits per heavy atom. The van der Waals surface area contributed by atoms with Crippen LogP contribution in [0.2, 0.25) is 0 Å². The van der Waals surface area contributed by atoms with Crippen molar-refractivity contribution in [3.05, 3.63) is 83.8 Å². The molecule has 7 heteroatoms. The zero-order valence-corrected chi connectivity index (χ0v) is 16.2. The van der Waals surface area contributed by atoms with E-state index in [1.165, 1.54) is 6.33 Å². The molecule has 0 unspecified atom stereocenters. The molecule has 7 nitrogen and oxygen atoms in total. The van der Waals surface area contributed by atoms with Gasteiger partial charge >= 0.3 is 0 Å². The molecular formula is C22H21N5O2. The molecule has 1 aliphatic rings. The number of benzene rings is 2. The summed E-state index contributed by atoms with van der Waals surface area (Å²) < 4.78 is 7.05. The molecule has 146 valence electrons. The molecule has 2 heterocycles. The molecule has 1 aliphatic heterocycles. The molecule has 1 aromatic heterocycles. The number of aromatic nitrogens is 3. The van der Waals surface area contributed by atoms with E-state index in [9.17, 15) is 4.79 Å². The Kier molecular flexibility index (Phi) is 5.11. The van der Waals surface area contributed by atoms with Crippen LogP contribution in [-0.2, 0) is 4.79 Å². The molecule has 0 aliphatic carbocycles. The van der Waals surface area contributed by atoms with E-state index in [4.69, 9.17) is 4.74 Å². The smallest absolute Gasteiger partial charge is 0.255 e. The number of carbonyl (C=O) groups excluding carboxylic acids is 1. The summed E-state index contributed by atoms with van der Waals surface area (Å²) in [5, 5.41) is 10.4. The minimum Gasteiger partial charge on any atom is -0.495 e. The first kappa shape index (κ1) is 18.5. The van der Waals surface area contributed by atoms with Crippen LogP contribution in [0, 0.1) is 0 Å². The van der Waals surface area contributed by atoms with Gasteiger partial charge in [-0.05, 0) is 24.6 Å².